The number of carbonyl (C=O) groups excluding carboxylic acids is 2. The van der Waals surface area contributed by atoms with Gasteiger partial charge in [0.25, 0.3) is 5.91 Å². The summed E-state index contributed by atoms with van der Waals surface area (Å²) in [7, 11) is 0. The maximum Gasteiger partial charge on any atom is 0.287 e. The quantitative estimate of drug-likeness (QED) is 0.711. The monoisotopic (exact) mass is 371 g/mol. The fourth-order valence-electron chi connectivity index (χ4n) is 2.87. The molecule has 0 spiro atoms. The maximum absolute atomic E-state index is 12.6. The summed E-state index contributed by atoms with van der Waals surface area (Å²) < 4.78 is 5.09. The smallest absolute Gasteiger partial charge is 0.287 e. The van der Waals surface area contributed by atoms with Gasteiger partial charge in [-0.3, -0.25) is 9.59 Å². The van der Waals surface area contributed by atoms with Crippen LogP contribution < -0.4 is 15.5 Å². The molecule has 6 nitrogen and oxygen atoms in total. The van der Waals surface area contributed by atoms with Crippen LogP contribution in [0.15, 0.2) is 47.1 Å². The minimum atomic E-state index is -0.614. The number of hydrogen-bond donors (Lipinski definition) is 2. The predicted molar refractivity (Wildman–Crippen MR) is 107 cm³/mol. The van der Waals surface area contributed by atoms with E-state index in [1.54, 1.807) is 12.1 Å². The van der Waals surface area contributed by atoms with Gasteiger partial charge < -0.3 is 20.0 Å². The Morgan fingerprint density at radius 2 is 1.96 bits per heavy atom. The Hall–Kier alpha value is -2.76. The summed E-state index contributed by atoms with van der Waals surface area (Å²) in [6, 6.07) is 10.9. The van der Waals surface area contributed by atoms with Crippen LogP contribution in [-0.4, -0.2) is 37.5 Å². The highest BCUT2D eigenvalue weighted by atomic mass is 16.3. The van der Waals surface area contributed by atoms with Gasteiger partial charge in [0.2, 0.25) is 5.91 Å². The van der Waals surface area contributed by atoms with Crippen LogP contribution in [0.1, 0.15) is 36.9 Å². The molecule has 0 fully saturated rings. The first kappa shape index (κ1) is 20.6. The lowest BCUT2D eigenvalue weighted by Crippen LogP contribution is -2.50. The van der Waals surface area contributed by atoms with Crippen LogP contribution in [0.2, 0.25) is 0 Å². The molecule has 1 heterocycles. The molecule has 0 aliphatic carbocycles. The third-order valence-electron chi connectivity index (χ3n) is 4.41. The Kier molecular flexibility index (Phi) is 7.46. The second kappa shape index (κ2) is 9.80. The molecule has 6 heteroatoms. The fourth-order valence-corrected chi connectivity index (χ4v) is 2.87. The van der Waals surface area contributed by atoms with Gasteiger partial charge in [0.1, 0.15) is 6.04 Å². The normalized spacial score (nSPS) is 11.9. The number of hydrogen-bond acceptors (Lipinski definition) is 4. The molecule has 2 N–H and O–H groups in total. The second-order valence-corrected chi connectivity index (χ2v) is 6.88. The van der Waals surface area contributed by atoms with Crippen LogP contribution in [0.25, 0.3) is 0 Å². The lowest BCUT2D eigenvalue weighted by atomic mass is 10.0. The standard InChI is InChI=1S/C21H29N3O3/c1-5-24(17-9-6-8-16(4)14-17)12-11-22-21(26)19(15(2)3)23-20(25)18-10-7-13-27-18/h6-10,13-15,19H,5,11-12H2,1-4H3,(H,22,26)(H,23,25). The van der Waals surface area contributed by atoms with E-state index in [1.807, 2.05) is 19.9 Å². The minimum absolute atomic E-state index is 0.0389. The van der Waals surface area contributed by atoms with Crippen LogP contribution in [-0.2, 0) is 4.79 Å². The van der Waals surface area contributed by atoms with Crippen molar-refractivity contribution in [2.45, 2.75) is 33.7 Å². The lowest BCUT2D eigenvalue weighted by molar-refractivity contribution is -0.123. The van der Waals surface area contributed by atoms with Crippen molar-refractivity contribution in [2.75, 3.05) is 24.5 Å². The fraction of sp³-hybridized carbons (Fsp3) is 0.429. The minimum Gasteiger partial charge on any atom is -0.459 e. The van der Waals surface area contributed by atoms with Gasteiger partial charge in [0.15, 0.2) is 5.76 Å². The molecular formula is C21H29N3O3. The van der Waals surface area contributed by atoms with E-state index in [0.29, 0.717) is 13.1 Å². The number of aryl methyl sites for hydroxylation is 1. The number of likely N-dealkylation sites (N-methyl/N-ethyl adjacent to an activating group) is 1. The van der Waals surface area contributed by atoms with Gasteiger partial charge in [-0.25, -0.2) is 0 Å². The summed E-state index contributed by atoms with van der Waals surface area (Å²) in [4.78, 5) is 27.0. The molecule has 0 saturated carbocycles. The molecule has 0 aliphatic rings. The molecule has 0 saturated heterocycles. The second-order valence-electron chi connectivity index (χ2n) is 6.88. The van der Waals surface area contributed by atoms with Gasteiger partial charge in [-0.05, 0) is 49.6 Å². The van der Waals surface area contributed by atoms with E-state index in [1.165, 1.54) is 11.8 Å². The molecule has 1 aromatic heterocycles. The van der Waals surface area contributed by atoms with Crippen molar-refractivity contribution in [2.24, 2.45) is 5.92 Å². The number of amides is 2. The average Bonchev–Trinajstić information content (AvgIpc) is 3.17. The highest BCUT2D eigenvalue weighted by Crippen LogP contribution is 2.15. The van der Waals surface area contributed by atoms with E-state index in [-0.39, 0.29) is 23.5 Å². The summed E-state index contributed by atoms with van der Waals surface area (Å²) in [6.07, 6.45) is 1.43. The summed E-state index contributed by atoms with van der Waals surface area (Å²) in [5.74, 6) is -0.415. The number of furan rings is 1. The number of carbonyl (C=O) groups is 2. The summed E-state index contributed by atoms with van der Waals surface area (Å²) in [6.45, 7) is 10.00. The molecule has 1 atom stereocenters. The van der Waals surface area contributed by atoms with E-state index in [0.717, 1.165) is 12.2 Å². The maximum atomic E-state index is 12.6. The zero-order valence-electron chi connectivity index (χ0n) is 16.5. The molecule has 146 valence electrons. The Balaban J connectivity index is 1.90. The molecule has 2 aromatic rings. The third-order valence-corrected chi connectivity index (χ3v) is 4.41. The van der Waals surface area contributed by atoms with Crippen molar-refractivity contribution >= 4 is 17.5 Å². The van der Waals surface area contributed by atoms with Gasteiger partial charge in [-0.15, -0.1) is 0 Å². The van der Waals surface area contributed by atoms with E-state index in [2.05, 4.69) is 47.6 Å². The first-order valence-corrected chi connectivity index (χ1v) is 9.36. The summed E-state index contributed by atoms with van der Waals surface area (Å²) >= 11 is 0. The molecule has 0 radical (unpaired) electrons. The zero-order chi connectivity index (χ0) is 19.8. The van der Waals surface area contributed by atoms with Gasteiger partial charge >= 0.3 is 0 Å². The van der Waals surface area contributed by atoms with Crippen molar-refractivity contribution in [3.8, 4) is 0 Å². The van der Waals surface area contributed by atoms with Crippen molar-refractivity contribution in [3.63, 3.8) is 0 Å². The number of nitrogens with zero attached hydrogens (tertiary/aromatic N) is 1. The molecule has 1 aromatic carbocycles. The van der Waals surface area contributed by atoms with E-state index in [4.69, 9.17) is 4.42 Å². The van der Waals surface area contributed by atoms with E-state index < -0.39 is 6.04 Å². The molecule has 27 heavy (non-hydrogen) atoms. The topological polar surface area (TPSA) is 74.6 Å². The molecule has 0 bridgehead atoms. The molecule has 1 unspecified atom stereocenters. The molecular weight excluding hydrogens is 342 g/mol. The third kappa shape index (κ3) is 5.88. The van der Waals surface area contributed by atoms with Gasteiger partial charge in [0.05, 0.1) is 6.26 Å². The highest BCUT2D eigenvalue weighted by molar-refractivity contribution is 5.95. The van der Waals surface area contributed by atoms with Gasteiger partial charge in [-0.1, -0.05) is 26.0 Å². The van der Waals surface area contributed by atoms with Crippen molar-refractivity contribution in [3.05, 3.63) is 54.0 Å². The van der Waals surface area contributed by atoms with Crippen LogP contribution in [0.3, 0.4) is 0 Å². The van der Waals surface area contributed by atoms with Crippen molar-refractivity contribution in [1.82, 2.24) is 10.6 Å². The average molecular weight is 371 g/mol. The predicted octanol–water partition coefficient (Wildman–Crippen LogP) is 2.99. The van der Waals surface area contributed by atoms with Crippen LogP contribution in [0, 0.1) is 12.8 Å². The summed E-state index contributed by atoms with van der Waals surface area (Å²) in [5, 5.41) is 5.69. The Morgan fingerprint density at radius 1 is 1.19 bits per heavy atom. The highest BCUT2D eigenvalue weighted by Gasteiger charge is 2.25. The van der Waals surface area contributed by atoms with Gasteiger partial charge in [0, 0.05) is 25.3 Å². The Bertz CT molecular complexity index is 741. The molecule has 2 amide bonds. The Morgan fingerprint density at radius 3 is 2.56 bits per heavy atom. The van der Waals surface area contributed by atoms with Gasteiger partial charge in [-0.2, -0.15) is 0 Å². The lowest BCUT2D eigenvalue weighted by Gasteiger charge is -2.25. The number of benzene rings is 1. The van der Waals surface area contributed by atoms with Crippen LogP contribution in [0.5, 0.6) is 0 Å². The first-order valence-electron chi connectivity index (χ1n) is 9.36. The number of rotatable bonds is 9. The van der Waals surface area contributed by atoms with Crippen molar-refractivity contribution in [1.29, 1.82) is 0 Å². The van der Waals surface area contributed by atoms with Crippen molar-refractivity contribution < 1.29 is 14.0 Å². The van der Waals surface area contributed by atoms with Crippen LogP contribution >= 0.6 is 0 Å². The van der Waals surface area contributed by atoms with E-state index in [9.17, 15) is 9.59 Å². The van der Waals surface area contributed by atoms with Crippen LogP contribution in [0.4, 0.5) is 5.69 Å². The zero-order valence-corrected chi connectivity index (χ0v) is 16.5. The largest absolute Gasteiger partial charge is 0.459 e. The number of anilines is 1. The first-order chi connectivity index (χ1) is 12.9. The number of nitrogens with one attached hydrogen (secondary N) is 2. The SMILES string of the molecule is CCN(CCNC(=O)C(NC(=O)c1ccco1)C(C)C)c1cccc(C)c1. The van der Waals surface area contributed by atoms with E-state index >= 15 is 0 Å². The molecule has 0 aliphatic heterocycles. The molecule has 2 rings (SSSR count). The Labute approximate surface area is 160 Å². The summed E-state index contributed by atoms with van der Waals surface area (Å²) in [5.41, 5.74) is 2.34.